The average molecular weight is 296 g/mol. The van der Waals surface area contributed by atoms with Crippen LogP contribution in [0.25, 0.3) is 0 Å². The Labute approximate surface area is 128 Å². The predicted octanol–water partition coefficient (Wildman–Crippen LogP) is 3.30. The summed E-state index contributed by atoms with van der Waals surface area (Å²) in [4.78, 5) is 11.9. The van der Waals surface area contributed by atoms with Gasteiger partial charge in [0, 0.05) is 12.6 Å². The van der Waals surface area contributed by atoms with E-state index >= 15 is 0 Å². The van der Waals surface area contributed by atoms with Crippen LogP contribution in [0.15, 0.2) is 33.2 Å². The summed E-state index contributed by atoms with van der Waals surface area (Å²) in [7, 11) is 1.38. The van der Waals surface area contributed by atoms with Crippen molar-refractivity contribution in [3.05, 3.63) is 50.8 Å². The van der Waals surface area contributed by atoms with E-state index in [-0.39, 0.29) is 17.1 Å². The zero-order chi connectivity index (χ0) is 16.4. The normalized spacial score (nSPS) is 10.9. The number of pyridine rings is 1. The molecule has 22 heavy (non-hydrogen) atoms. The van der Waals surface area contributed by atoms with Gasteiger partial charge in [-0.3, -0.25) is 9.36 Å². The molecule has 0 unspecified atom stereocenters. The molecule has 1 N–H and O–H groups in total. The molecular weight excluding hydrogens is 280 g/mol. The summed E-state index contributed by atoms with van der Waals surface area (Å²) in [5, 5.41) is 27.4. The first-order valence-electron chi connectivity index (χ1n) is 6.69. The van der Waals surface area contributed by atoms with E-state index in [2.05, 4.69) is 10.2 Å². The molecule has 6 heteroatoms. The Bertz CT molecular complexity index is 873. The molecule has 2 rings (SSSR count). The van der Waals surface area contributed by atoms with Gasteiger partial charge in [0.15, 0.2) is 5.69 Å². The van der Waals surface area contributed by atoms with Crippen LogP contribution in [0.1, 0.15) is 22.3 Å². The van der Waals surface area contributed by atoms with Gasteiger partial charge in [-0.15, -0.1) is 5.11 Å². The standard InChI is InChI=1S/C16H16N4O2/c1-9-6-5-7-13(10(9)2)18-19-14-11(3)12(8-17)15(21)20(4)16(14)22/h5-7,22H,1-4H3. The summed E-state index contributed by atoms with van der Waals surface area (Å²) in [5.41, 5.74) is 2.57. The van der Waals surface area contributed by atoms with Crippen LogP contribution in [0, 0.1) is 32.1 Å². The highest BCUT2D eigenvalue weighted by atomic mass is 16.3. The number of aromatic nitrogens is 1. The molecule has 6 nitrogen and oxygen atoms in total. The third-order valence-electron chi connectivity index (χ3n) is 3.72. The van der Waals surface area contributed by atoms with Crippen molar-refractivity contribution in [2.75, 3.05) is 0 Å². The minimum absolute atomic E-state index is 0.0461. The van der Waals surface area contributed by atoms with Crippen molar-refractivity contribution in [3.8, 4) is 11.9 Å². The number of hydrogen-bond donors (Lipinski definition) is 1. The third-order valence-corrected chi connectivity index (χ3v) is 3.72. The van der Waals surface area contributed by atoms with E-state index in [1.165, 1.54) is 7.05 Å². The number of benzene rings is 1. The fraction of sp³-hybridized carbons (Fsp3) is 0.250. The first kappa shape index (κ1) is 15.4. The van der Waals surface area contributed by atoms with Gasteiger partial charge in [-0.2, -0.15) is 10.4 Å². The van der Waals surface area contributed by atoms with Crippen LogP contribution in [0.2, 0.25) is 0 Å². The Morgan fingerprint density at radius 3 is 2.50 bits per heavy atom. The molecule has 1 aromatic heterocycles. The van der Waals surface area contributed by atoms with Crippen LogP contribution in [0.4, 0.5) is 11.4 Å². The van der Waals surface area contributed by atoms with E-state index in [1.807, 2.05) is 38.1 Å². The second-order valence-electron chi connectivity index (χ2n) is 5.07. The van der Waals surface area contributed by atoms with E-state index in [1.54, 1.807) is 6.92 Å². The highest BCUT2D eigenvalue weighted by Gasteiger charge is 2.17. The van der Waals surface area contributed by atoms with Crippen LogP contribution in [0.5, 0.6) is 5.88 Å². The minimum Gasteiger partial charge on any atom is -0.493 e. The first-order valence-corrected chi connectivity index (χ1v) is 6.69. The summed E-state index contributed by atoms with van der Waals surface area (Å²) in [5.74, 6) is -0.310. The molecule has 0 aliphatic carbocycles. The average Bonchev–Trinajstić information content (AvgIpc) is 2.49. The van der Waals surface area contributed by atoms with E-state index < -0.39 is 5.56 Å². The molecule has 1 aromatic carbocycles. The van der Waals surface area contributed by atoms with Gasteiger partial charge in [-0.05, 0) is 38.0 Å². The fourth-order valence-electron chi connectivity index (χ4n) is 2.07. The van der Waals surface area contributed by atoms with Gasteiger partial charge >= 0.3 is 0 Å². The lowest BCUT2D eigenvalue weighted by molar-refractivity contribution is 0.424. The van der Waals surface area contributed by atoms with E-state index in [4.69, 9.17) is 5.26 Å². The number of aryl methyl sites for hydroxylation is 1. The number of azo groups is 1. The Balaban J connectivity index is 2.62. The largest absolute Gasteiger partial charge is 0.493 e. The van der Waals surface area contributed by atoms with Crippen LogP contribution in [-0.2, 0) is 7.05 Å². The zero-order valence-electron chi connectivity index (χ0n) is 12.9. The molecule has 0 amide bonds. The molecule has 0 aliphatic heterocycles. The molecule has 1 heterocycles. The first-order chi connectivity index (χ1) is 10.4. The van der Waals surface area contributed by atoms with Gasteiger partial charge in [0.25, 0.3) is 5.56 Å². The molecule has 0 atom stereocenters. The molecule has 0 saturated carbocycles. The Morgan fingerprint density at radius 1 is 1.18 bits per heavy atom. The van der Waals surface area contributed by atoms with Crippen LogP contribution < -0.4 is 5.56 Å². The number of rotatable bonds is 2. The second kappa shape index (κ2) is 5.82. The van der Waals surface area contributed by atoms with Gasteiger partial charge in [0.05, 0.1) is 5.69 Å². The van der Waals surface area contributed by atoms with Crippen LogP contribution in [0.3, 0.4) is 0 Å². The van der Waals surface area contributed by atoms with Crippen molar-refractivity contribution >= 4 is 11.4 Å². The predicted molar refractivity (Wildman–Crippen MR) is 82.9 cm³/mol. The lowest BCUT2D eigenvalue weighted by Crippen LogP contribution is -2.20. The van der Waals surface area contributed by atoms with Gasteiger partial charge in [0.1, 0.15) is 11.6 Å². The van der Waals surface area contributed by atoms with E-state index in [0.29, 0.717) is 11.3 Å². The minimum atomic E-state index is -0.553. The van der Waals surface area contributed by atoms with Gasteiger partial charge in [0.2, 0.25) is 5.88 Å². The van der Waals surface area contributed by atoms with Gasteiger partial charge < -0.3 is 5.11 Å². The molecule has 0 radical (unpaired) electrons. The highest BCUT2D eigenvalue weighted by molar-refractivity contribution is 5.59. The molecule has 0 fully saturated rings. The maximum absolute atomic E-state index is 11.9. The van der Waals surface area contributed by atoms with Crippen molar-refractivity contribution in [1.82, 2.24) is 4.57 Å². The smallest absolute Gasteiger partial charge is 0.271 e. The maximum Gasteiger partial charge on any atom is 0.271 e. The molecule has 0 aliphatic rings. The molecule has 112 valence electrons. The van der Waals surface area contributed by atoms with E-state index in [9.17, 15) is 9.90 Å². The summed E-state index contributed by atoms with van der Waals surface area (Å²) in [6, 6.07) is 7.49. The third kappa shape index (κ3) is 2.49. The van der Waals surface area contributed by atoms with Crippen molar-refractivity contribution in [2.24, 2.45) is 17.3 Å². The van der Waals surface area contributed by atoms with Crippen LogP contribution in [-0.4, -0.2) is 9.67 Å². The van der Waals surface area contributed by atoms with Crippen molar-refractivity contribution < 1.29 is 5.11 Å². The maximum atomic E-state index is 11.9. The van der Waals surface area contributed by atoms with Crippen molar-refractivity contribution in [3.63, 3.8) is 0 Å². The number of hydrogen-bond acceptors (Lipinski definition) is 5. The molecular formula is C16H16N4O2. The monoisotopic (exact) mass is 296 g/mol. The Kier molecular flexibility index (Phi) is 4.08. The zero-order valence-corrected chi connectivity index (χ0v) is 12.9. The van der Waals surface area contributed by atoms with Crippen molar-refractivity contribution in [2.45, 2.75) is 20.8 Å². The fourth-order valence-corrected chi connectivity index (χ4v) is 2.07. The molecule has 2 aromatic rings. The molecule has 0 saturated heterocycles. The quantitative estimate of drug-likeness (QED) is 0.862. The molecule has 0 spiro atoms. The lowest BCUT2D eigenvalue weighted by atomic mass is 10.1. The SMILES string of the molecule is Cc1cccc(N=Nc2c(C)c(C#N)c(=O)n(C)c2O)c1C. The summed E-state index contributed by atoms with van der Waals surface area (Å²) >= 11 is 0. The summed E-state index contributed by atoms with van der Waals surface area (Å²) in [6.07, 6.45) is 0. The van der Waals surface area contributed by atoms with E-state index in [0.717, 1.165) is 15.7 Å². The number of aromatic hydroxyl groups is 1. The Morgan fingerprint density at radius 2 is 1.86 bits per heavy atom. The van der Waals surface area contributed by atoms with Crippen molar-refractivity contribution in [1.29, 1.82) is 5.26 Å². The topological polar surface area (TPSA) is 90.7 Å². The lowest BCUT2D eigenvalue weighted by Gasteiger charge is -2.09. The summed E-state index contributed by atoms with van der Waals surface area (Å²) in [6.45, 7) is 5.46. The van der Waals surface area contributed by atoms with Gasteiger partial charge in [-0.1, -0.05) is 12.1 Å². The van der Waals surface area contributed by atoms with Crippen LogP contribution >= 0.6 is 0 Å². The number of nitrogens with zero attached hydrogens (tertiary/aromatic N) is 4. The second-order valence-corrected chi connectivity index (χ2v) is 5.07. The van der Waals surface area contributed by atoms with Gasteiger partial charge in [-0.25, -0.2) is 0 Å². The molecule has 0 bridgehead atoms. The summed E-state index contributed by atoms with van der Waals surface area (Å²) < 4.78 is 0.989. The highest BCUT2D eigenvalue weighted by Crippen LogP contribution is 2.32. The number of nitriles is 1. The Hall–Kier alpha value is -2.94.